The van der Waals surface area contributed by atoms with Crippen molar-refractivity contribution >= 4 is 11.7 Å². The van der Waals surface area contributed by atoms with E-state index in [1.165, 1.54) is 49.6 Å². The summed E-state index contributed by atoms with van der Waals surface area (Å²) in [6.07, 6.45) is 6.90. The summed E-state index contributed by atoms with van der Waals surface area (Å²) in [5.74, 6) is 0.178. The largest absolute Gasteiger partial charge is 0.468 e. The Morgan fingerprint density at radius 3 is 2.91 bits per heavy atom. The number of ether oxygens (including phenoxy) is 1. The van der Waals surface area contributed by atoms with Gasteiger partial charge in [0.1, 0.15) is 6.04 Å². The molecule has 0 bridgehead atoms. The number of rotatable bonds is 4. The highest BCUT2D eigenvalue weighted by atomic mass is 16.5. The Morgan fingerprint density at radius 2 is 2.14 bits per heavy atom. The van der Waals surface area contributed by atoms with E-state index >= 15 is 0 Å². The molecule has 1 aromatic carbocycles. The minimum Gasteiger partial charge on any atom is -0.468 e. The van der Waals surface area contributed by atoms with Gasteiger partial charge in [-0.25, -0.2) is 0 Å². The first-order chi connectivity index (χ1) is 10.7. The highest BCUT2D eigenvalue weighted by Gasteiger charge is 2.27. The zero-order valence-corrected chi connectivity index (χ0v) is 13.4. The minimum atomic E-state index is -0.488. The van der Waals surface area contributed by atoms with Crippen LogP contribution in [-0.2, 0) is 22.4 Å². The fourth-order valence-corrected chi connectivity index (χ4v) is 3.78. The average Bonchev–Trinajstić information content (AvgIpc) is 3.02. The molecule has 0 aromatic heterocycles. The van der Waals surface area contributed by atoms with E-state index in [0.29, 0.717) is 12.3 Å². The van der Waals surface area contributed by atoms with Crippen molar-refractivity contribution in [1.82, 2.24) is 0 Å². The number of carbonyl (C=O) groups is 1. The molecule has 120 valence electrons. The molecule has 0 saturated carbocycles. The zero-order chi connectivity index (χ0) is 15.5. The van der Waals surface area contributed by atoms with Crippen molar-refractivity contribution in [3.63, 3.8) is 0 Å². The first kappa shape index (κ1) is 15.3. The molecule has 22 heavy (non-hydrogen) atoms. The zero-order valence-electron chi connectivity index (χ0n) is 13.4. The van der Waals surface area contributed by atoms with Gasteiger partial charge in [-0.1, -0.05) is 6.07 Å². The van der Waals surface area contributed by atoms with E-state index in [-0.39, 0.29) is 5.97 Å². The van der Waals surface area contributed by atoms with Gasteiger partial charge in [0.25, 0.3) is 0 Å². The van der Waals surface area contributed by atoms with Gasteiger partial charge in [-0.2, -0.15) is 0 Å². The summed E-state index contributed by atoms with van der Waals surface area (Å²) in [6.45, 7) is 2.04. The first-order valence-corrected chi connectivity index (χ1v) is 8.37. The fraction of sp³-hybridized carbons (Fsp3) is 0.611. The lowest BCUT2D eigenvalue weighted by atomic mass is 9.91. The second kappa shape index (κ2) is 6.69. The Bertz CT molecular complexity index is 544. The van der Waals surface area contributed by atoms with E-state index in [0.717, 1.165) is 19.5 Å². The van der Waals surface area contributed by atoms with Gasteiger partial charge in [0.2, 0.25) is 0 Å². The molecule has 2 N–H and O–H groups in total. The topological polar surface area (TPSA) is 55.6 Å². The van der Waals surface area contributed by atoms with Crippen LogP contribution >= 0.6 is 0 Å². The molecule has 1 saturated heterocycles. The Balaban J connectivity index is 1.61. The summed E-state index contributed by atoms with van der Waals surface area (Å²) in [5.41, 5.74) is 10.3. The number of nitrogens with two attached hydrogens (primary N) is 1. The predicted molar refractivity (Wildman–Crippen MR) is 88.0 cm³/mol. The number of carbonyl (C=O) groups excluding carboxylic acids is 1. The molecule has 1 aliphatic heterocycles. The van der Waals surface area contributed by atoms with E-state index in [9.17, 15) is 4.79 Å². The van der Waals surface area contributed by atoms with Gasteiger partial charge in [0.05, 0.1) is 7.11 Å². The minimum absolute atomic E-state index is 0.299. The van der Waals surface area contributed by atoms with Gasteiger partial charge in [0, 0.05) is 18.8 Å². The van der Waals surface area contributed by atoms with Crippen molar-refractivity contribution in [3.05, 3.63) is 29.3 Å². The smallest absolute Gasteiger partial charge is 0.322 e. The number of benzene rings is 1. The quantitative estimate of drug-likeness (QED) is 0.867. The van der Waals surface area contributed by atoms with Gasteiger partial charge < -0.3 is 15.4 Å². The van der Waals surface area contributed by atoms with Crippen LogP contribution in [0.25, 0.3) is 0 Å². The predicted octanol–water partition coefficient (Wildman–Crippen LogP) is 2.28. The summed E-state index contributed by atoms with van der Waals surface area (Å²) in [6, 6.07) is 6.44. The van der Waals surface area contributed by atoms with Crippen molar-refractivity contribution in [2.45, 2.75) is 44.6 Å². The molecule has 2 aliphatic rings. The molecule has 1 aromatic rings. The first-order valence-electron chi connectivity index (χ1n) is 8.37. The number of anilines is 1. The Hall–Kier alpha value is -1.55. The van der Waals surface area contributed by atoms with E-state index in [4.69, 9.17) is 10.5 Å². The average molecular weight is 302 g/mol. The van der Waals surface area contributed by atoms with Gasteiger partial charge in [-0.3, -0.25) is 4.79 Å². The lowest BCUT2D eigenvalue weighted by Crippen LogP contribution is -2.34. The molecule has 2 unspecified atom stereocenters. The summed E-state index contributed by atoms with van der Waals surface area (Å²) in [4.78, 5) is 13.9. The molecule has 1 aliphatic carbocycles. The van der Waals surface area contributed by atoms with Crippen molar-refractivity contribution in [1.29, 1.82) is 0 Å². The Morgan fingerprint density at radius 1 is 1.36 bits per heavy atom. The van der Waals surface area contributed by atoms with Crippen LogP contribution in [0.1, 0.15) is 36.8 Å². The van der Waals surface area contributed by atoms with Gasteiger partial charge >= 0.3 is 5.97 Å². The highest BCUT2D eigenvalue weighted by Crippen LogP contribution is 2.30. The van der Waals surface area contributed by atoms with Crippen LogP contribution in [0.4, 0.5) is 5.69 Å². The maximum atomic E-state index is 11.5. The van der Waals surface area contributed by atoms with Gasteiger partial charge in [-0.05, 0) is 67.7 Å². The SMILES string of the molecule is COC(=O)C(N)CC1CCN(c2ccc3c(c2)CCCC3)C1. The van der Waals surface area contributed by atoms with Crippen LogP contribution in [-0.4, -0.2) is 32.2 Å². The molecular formula is C18H26N2O2. The summed E-state index contributed by atoms with van der Waals surface area (Å²) in [7, 11) is 1.40. The third kappa shape index (κ3) is 3.27. The van der Waals surface area contributed by atoms with Crippen LogP contribution in [0.5, 0.6) is 0 Å². The Labute approximate surface area is 132 Å². The van der Waals surface area contributed by atoms with E-state index in [1.807, 2.05) is 0 Å². The van der Waals surface area contributed by atoms with E-state index in [1.54, 1.807) is 0 Å². The van der Waals surface area contributed by atoms with Crippen molar-refractivity contribution in [2.24, 2.45) is 11.7 Å². The monoisotopic (exact) mass is 302 g/mol. The van der Waals surface area contributed by atoms with Gasteiger partial charge in [0.15, 0.2) is 0 Å². The normalized spacial score (nSPS) is 22.3. The number of methoxy groups -OCH3 is 1. The molecule has 0 amide bonds. The van der Waals surface area contributed by atoms with Crippen LogP contribution in [0.3, 0.4) is 0 Å². The summed E-state index contributed by atoms with van der Waals surface area (Å²) < 4.78 is 4.72. The fourth-order valence-electron chi connectivity index (χ4n) is 3.78. The molecule has 0 spiro atoms. The van der Waals surface area contributed by atoms with Gasteiger partial charge in [-0.15, -0.1) is 0 Å². The molecule has 2 atom stereocenters. The molecular weight excluding hydrogens is 276 g/mol. The third-order valence-corrected chi connectivity index (χ3v) is 5.07. The Kier molecular flexibility index (Phi) is 4.67. The lowest BCUT2D eigenvalue weighted by Gasteiger charge is -2.23. The number of esters is 1. The standard InChI is InChI=1S/C18H26N2O2/c1-22-18(21)17(19)10-13-8-9-20(12-13)16-7-6-14-4-2-3-5-15(14)11-16/h6-7,11,13,17H,2-5,8-10,12,19H2,1H3. The van der Waals surface area contributed by atoms with Crippen molar-refractivity contribution in [3.8, 4) is 0 Å². The molecule has 1 heterocycles. The van der Waals surface area contributed by atoms with E-state index in [2.05, 4.69) is 23.1 Å². The lowest BCUT2D eigenvalue weighted by molar-refractivity contribution is -0.142. The third-order valence-electron chi connectivity index (χ3n) is 5.07. The molecule has 4 heteroatoms. The van der Waals surface area contributed by atoms with Crippen LogP contribution < -0.4 is 10.6 Å². The molecule has 4 nitrogen and oxygen atoms in total. The second-order valence-electron chi connectivity index (χ2n) is 6.63. The summed E-state index contributed by atoms with van der Waals surface area (Å²) in [5, 5.41) is 0. The van der Waals surface area contributed by atoms with Crippen LogP contribution in [0, 0.1) is 5.92 Å². The number of hydrogen-bond acceptors (Lipinski definition) is 4. The molecule has 0 radical (unpaired) electrons. The van der Waals surface area contributed by atoms with Crippen LogP contribution in [0.15, 0.2) is 18.2 Å². The molecule has 1 fully saturated rings. The second-order valence-corrected chi connectivity index (χ2v) is 6.63. The maximum absolute atomic E-state index is 11.5. The number of aryl methyl sites for hydroxylation is 2. The summed E-state index contributed by atoms with van der Waals surface area (Å²) >= 11 is 0. The maximum Gasteiger partial charge on any atom is 0.322 e. The van der Waals surface area contributed by atoms with Crippen molar-refractivity contribution in [2.75, 3.05) is 25.1 Å². The highest BCUT2D eigenvalue weighted by molar-refractivity contribution is 5.75. The number of nitrogens with zero attached hydrogens (tertiary/aromatic N) is 1. The number of fused-ring (bicyclic) bond motifs is 1. The van der Waals surface area contributed by atoms with Crippen LogP contribution in [0.2, 0.25) is 0 Å². The molecule has 3 rings (SSSR count). The van der Waals surface area contributed by atoms with E-state index < -0.39 is 6.04 Å². The number of hydrogen-bond donors (Lipinski definition) is 1. The van der Waals surface area contributed by atoms with Crippen molar-refractivity contribution < 1.29 is 9.53 Å².